The highest BCUT2D eigenvalue weighted by Crippen LogP contribution is 2.15. The second-order valence-electron chi connectivity index (χ2n) is 5.31. The molecular weight excluding hydrogens is 352 g/mol. The molecule has 0 bridgehead atoms. The van der Waals surface area contributed by atoms with Crippen LogP contribution in [-0.2, 0) is 11.3 Å². The van der Waals surface area contributed by atoms with Gasteiger partial charge in [-0.05, 0) is 18.2 Å². The summed E-state index contributed by atoms with van der Waals surface area (Å²) in [6.45, 7) is -0.266. The van der Waals surface area contributed by atoms with E-state index in [2.05, 4.69) is 20.3 Å². The highest BCUT2D eigenvalue weighted by atomic mass is 16.6. The highest BCUT2D eigenvalue weighted by molar-refractivity contribution is 5.90. The number of hydrogen-bond donors (Lipinski definition) is 2. The predicted molar refractivity (Wildman–Crippen MR) is 96.2 cm³/mol. The van der Waals surface area contributed by atoms with Gasteiger partial charge in [0.25, 0.3) is 5.69 Å². The number of nitro benzene ring substituents is 1. The normalized spacial score (nSPS) is 10.2. The molecule has 0 fully saturated rings. The summed E-state index contributed by atoms with van der Waals surface area (Å²) in [6, 6.07) is 14.4. The number of nitro groups is 1. The van der Waals surface area contributed by atoms with E-state index < -0.39 is 10.9 Å². The number of nitrogens with zero attached hydrogens (tertiary/aromatic N) is 4. The van der Waals surface area contributed by atoms with Gasteiger partial charge in [0.15, 0.2) is 12.4 Å². The highest BCUT2D eigenvalue weighted by Gasteiger charge is 2.14. The number of rotatable bonds is 6. The van der Waals surface area contributed by atoms with Crippen molar-refractivity contribution >= 4 is 29.2 Å². The maximum absolute atomic E-state index is 12.1. The molecule has 27 heavy (non-hydrogen) atoms. The fourth-order valence-corrected chi connectivity index (χ4v) is 2.17. The molecule has 3 aromatic rings. The van der Waals surface area contributed by atoms with Crippen LogP contribution in [0, 0.1) is 10.1 Å². The van der Waals surface area contributed by atoms with Crippen molar-refractivity contribution in [3.8, 4) is 0 Å². The number of esters is 1. The van der Waals surface area contributed by atoms with Gasteiger partial charge in [0.05, 0.1) is 10.5 Å². The number of ether oxygens (including phenoxy) is 1. The quantitative estimate of drug-likeness (QED) is 0.381. The van der Waals surface area contributed by atoms with Crippen LogP contribution in [0.5, 0.6) is 0 Å². The van der Waals surface area contributed by atoms with Crippen molar-refractivity contribution in [1.29, 1.82) is 0 Å². The number of nitrogen functional groups attached to an aromatic ring is 1. The molecule has 10 heteroatoms. The minimum atomic E-state index is -0.741. The Labute approximate surface area is 153 Å². The van der Waals surface area contributed by atoms with E-state index in [9.17, 15) is 14.9 Å². The van der Waals surface area contributed by atoms with E-state index in [4.69, 9.17) is 10.5 Å². The molecule has 0 saturated heterocycles. The monoisotopic (exact) mass is 366 g/mol. The van der Waals surface area contributed by atoms with Gasteiger partial charge in [0.2, 0.25) is 11.9 Å². The summed E-state index contributed by atoms with van der Waals surface area (Å²) in [6.07, 6.45) is 0. The van der Waals surface area contributed by atoms with Crippen LogP contribution in [0.4, 0.5) is 23.3 Å². The molecule has 0 saturated carbocycles. The van der Waals surface area contributed by atoms with Gasteiger partial charge >= 0.3 is 5.97 Å². The van der Waals surface area contributed by atoms with Gasteiger partial charge in [-0.3, -0.25) is 10.1 Å². The van der Waals surface area contributed by atoms with E-state index in [0.29, 0.717) is 0 Å². The predicted octanol–water partition coefficient (Wildman–Crippen LogP) is 2.46. The Hall–Kier alpha value is -4.08. The standard InChI is InChI=1S/C17H14N6O4/c18-16-20-14(21-17(22-16)19-12-6-2-1-3-7-12)10-27-15(24)11-5-4-8-13(9-11)23(25)26/h1-9H,10H2,(H3,18,19,20,21,22). The van der Waals surface area contributed by atoms with Crippen molar-refractivity contribution in [3.05, 3.63) is 76.1 Å². The maximum Gasteiger partial charge on any atom is 0.338 e. The van der Waals surface area contributed by atoms with Gasteiger partial charge in [0.1, 0.15) is 0 Å². The molecule has 0 radical (unpaired) electrons. The lowest BCUT2D eigenvalue weighted by Gasteiger charge is -2.08. The molecule has 2 aromatic carbocycles. The van der Waals surface area contributed by atoms with E-state index in [-0.39, 0.29) is 35.6 Å². The zero-order chi connectivity index (χ0) is 19.2. The van der Waals surface area contributed by atoms with Crippen molar-refractivity contribution in [2.75, 3.05) is 11.1 Å². The molecule has 136 valence electrons. The van der Waals surface area contributed by atoms with E-state index in [0.717, 1.165) is 11.8 Å². The number of anilines is 3. The topological polar surface area (TPSA) is 146 Å². The number of benzene rings is 2. The Morgan fingerprint density at radius 3 is 2.63 bits per heavy atom. The molecule has 0 unspecified atom stereocenters. The first-order valence-corrected chi connectivity index (χ1v) is 7.75. The number of carbonyl (C=O) groups is 1. The molecule has 3 N–H and O–H groups in total. The molecule has 0 amide bonds. The third kappa shape index (κ3) is 4.72. The minimum Gasteiger partial charge on any atom is -0.454 e. The van der Waals surface area contributed by atoms with Gasteiger partial charge in [-0.25, -0.2) is 4.79 Å². The third-order valence-electron chi connectivity index (χ3n) is 3.35. The SMILES string of the molecule is Nc1nc(COC(=O)c2cccc([N+](=O)[O-])c2)nc(Nc2ccccc2)n1. The Morgan fingerprint density at radius 2 is 1.89 bits per heavy atom. The van der Waals surface area contributed by atoms with Crippen LogP contribution >= 0.6 is 0 Å². The van der Waals surface area contributed by atoms with Crippen LogP contribution in [-0.4, -0.2) is 25.8 Å². The summed E-state index contributed by atoms with van der Waals surface area (Å²) in [4.78, 5) is 34.3. The van der Waals surface area contributed by atoms with Crippen LogP contribution in [0.25, 0.3) is 0 Å². The first-order chi connectivity index (χ1) is 13.0. The van der Waals surface area contributed by atoms with Crippen LogP contribution in [0.15, 0.2) is 54.6 Å². The number of non-ortho nitro benzene ring substituents is 1. The van der Waals surface area contributed by atoms with E-state index in [1.54, 1.807) is 0 Å². The first-order valence-electron chi connectivity index (χ1n) is 7.75. The number of hydrogen-bond acceptors (Lipinski definition) is 9. The molecule has 0 aliphatic heterocycles. The molecule has 1 heterocycles. The largest absolute Gasteiger partial charge is 0.454 e. The Kier molecular flexibility index (Phi) is 5.17. The average molecular weight is 366 g/mol. The zero-order valence-electron chi connectivity index (χ0n) is 13.9. The Morgan fingerprint density at radius 1 is 1.11 bits per heavy atom. The fourth-order valence-electron chi connectivity index (χ4n) is 2.17. The maximum atomic E-state index is 12.1. The molecule has 0 spiro atoms. The van der Waals surface area contributed by atoms with Crippen molar-refractivity contribution < 1.29 is 14.5 Å². The average Bonchev–Trinajstić information content (AvgIpc) is 2.66. The minimum absolute atomic E-state index is 0.0372. The van der Waals surface area contributed by atoms with Gasteiger partial charge < -0.3 is 15.8 Å². The summed E-state index contributed by atoms with van der Waals surface area (Å²) < 4.78 is 5.11. The van der Waals surface area contributed by atoms with Crippen molar-refractivity contribution in [2.24, 2.45) is 0 Å². The second kappa shape index (κ2) is 7.87. The smallest absolute Gasteiger partial charge is 0.338 e. The fraction of sp³-hybridized carbons (Fsp3) is 0.0588. The van der Waals surface area contributed by atoms with Crippen LogP contribution in [0.3, 0.4) is 0 Å². The first kappa shape index (κ1) is 17.7. The van der Waals surface area contributed by atoms with Gasteiger partial charge in [0, 0.05) is 17.8 Å². The van der Waals surface area contributed by atoms with Crippen LogP contribution in [0.1, 0.15) is 16.2 Å². The number of para-hydroxylation sites is 1. The number of nitrogens with two attached hydrogens (primary N) is 1. The second-order valence-corrected chi connectivity index (χ2v) is 5.31. The summed E-state index contributed by atoms with van der Waals surface area (Å²) in [5.74, 6) is -0.435. The Balaban J connectivity index is 1.69. The molecule has 0 aliphatic rings. The van der Waals surface area contributed by atoms with Crippen LogP contribution < -0.4 is 11.1 Å². The molecule has 10 nitrogen and oxygen atoms in total. The lowest BCUT2D eigenvalue weighted by Crippen LogP contribution is -2.11. The van der Waals surface area contributed by atoms with Crippen molar-refractivity contribution in [1.82, 2.24) is 15.0 Å². The van der Waals surface area contributed by atoms with E-state index in [1.165, 1.54) is 18.2 Å². The molecule has 0 aliphatic carbocycles. The van der Waals surface area contributed by atoms with Crippen molar-refractivity contribution in [2.45, 2.75) is 6.61 Å². The zero-order valence-corrected chi connectivity index (χ0v) is 13.9. The Bertz CT molecular complexity index is 980. The molecular formula is C17H14N6O4. The third-order valence-corrected chi connectivity index (χ3v) is 3.35. The number of nitrogens with one attached hydrogen (secondary N) is 1. The summed E-state index contributed by atoms with van der Waals surface area (Å²) in [5, 5.41) is 13.8. The van der Waals surface area contributed by atoms with Gasteiger partial charge in [-0.1, -0.05) is 24.3 Å². The molecule has 1 aromatic heterocycles. The summed E-state index contributed by atoms with van der Waals surface area (Å²) in [7, 11) is 0. The molecule has 3 rings (SSSR count). The molecule has 0 atom stereocenters. The van der Waals surface area contributed by atoms with Gasteiger partial charge in [-0.15, -0.1) is 0 Å². The summed E-state index contributed by atoms with van der Waals surface area (Å²) in [5.41, 5.74) is 6.26. The lowest BCUT2D eigenvalue weighted by molar-refractivity contribution is -0.384. The lowest BCUT2D eigenvalue weighted by atomic mass is 10.2. The van der Waals surface area contributed by atoms with Gasteiger partial charge in [-0.2, -0.15) is 15.0 Å². The summed E-state index contributed by atoms with van der Waals surface area (Å²) >= 11 is 0. The van der Waals surface area contributed by atoms with Crippen LogP contribution in [0.2, 0.25) is 0 Å². The van der Waals surface area contributed by atoms with Crippen molar-refractivity contribution in [3.63, 3.8) is 0 Å². The number of carbonyl (C=O) groups excluding carboxylic acids is 1. The van der Waals surface area contributed by atoms with E-state index >= 15 is 0 Å². The number of aromatic nitrogens is 3. The van der Waals surface area contributed by atoms with E-state index in [1.807, 2.05) is 30.3 Å².